The van der Waals surface area contributed by atoms with E-state index in [0.29, 0.717) is 0 Å². The monoisotopic (exact) mass is 321 g/mol. The second kappa shape index (κ2) is 5.57. The number of halogens is 1. The summed E-state index contributed by atoms with van der Waals surface area (Å²) in [5.74, 6) is -0.767. The second-order valence-corrected chi connectivity index (χ2v) is 6.95. The summed E-state index contributed by atoms with van der Waals surface area (Å²) in [5.41, 5.74) is 2.05. The summed E-state index contributed by atoms with van der Waals surface area (Å²) < 4.78 is 40.2. The number of anilines is 2. The number of pyridine rings is 1. The van der Waals surface area contributed by atoms with Gasteiger partial charge in [-0.05, 0) is 42.7 Å². The Morgan fingerprint density at radius 3 is 2.86 bits per heavy atom. The van der Waals surface area contributed by atoms with Crippen molar-refractivity contribution < 1.29 is 12.8 Å². The molecule has 0 saturated heterocycles. The first kappa shape index (κ1) is 14.8. The molecule has 22 heavy (non-hydrogen) atoms. The molecule has 116 valence electrons. The standard InChI is InChI=1S/C15H16FN3O2S/c1-19-9-3-4-11-7-8-12(10-13(11)19)22(20,21)18-15-6-2-5-14(16)17-15/h2,5-8,10H,3-4,9H2,1H3,(H,17,18). The summed E-state index contributed by atoms with van der Waals surface area (Å²) in [4.78, 5) is 5.70. The Balaban J connectivity index is 1.94. The normalized spacial score (nSPS) is 14.5. The predicted molar refractivity (Wildman–Crippen MR) is 83.0 cm³/mol. The zero-order valence-corrected chi connectivity index (χ0v) is 12.9. The number of hydrogen-bond donors (Lipinski definition) is 1. The molecule has 5 nitrogen and oxygen atoms in total. The highest BCUT2D eigenvalue weighted by molar-refractivity contribution is 7.92. The van der Waals surface area contributed by atoms with E-state index >= 15 is 0 Å². The summed E-state index contributed by atoms with van der Waals surface area (Å²) in [7, 11) is -1.85. The van der Waals surface area contributed by atoms with Crippen LogP contribution in [-0.4, -0.2) is 27.0 Å². The van der Waals surface area contributed by atoms with Gasteiger partial charge in [0.25, 0.3) is 10.0 Å². The van der Waals surface area contributed by atoms with Gasteiger partial charge in [-0.3, -0.25) is 4.72 Å². The molecule has 0 saturated carbocycles. The van der Waals surface area contributed by atoms with E-state index in [2.05, 4.69) is 9.71 Å². The van der Waals surface area contributed by atoms with Crippen LogP contribution in [0.1, 0.15) is 12.0 Å². The van der Waals surface area contributed by atoms with E-state index < -0.39 is 16.0 Å². The molecular weight excluding hydrogens is 305 g/mol. The SMILES string of the molecule is CN1CCCc2ccc(S(=O)(=O)Nc3cccc(F)n3)cc21. The van der Waals surface area contributed by atoms with E-state index in [0.717, 1.165) is 36.7 Å². The smallest absolute Gasteiger partial charge is 0.263 e. The summed E-state index contributed by atoms with van der Waals surface area (Å²) in [6.07, 6.45) is 2.00. The first-order valence-electron chi connectivity index (χ1n) is 6.95. The van der Waals surface area contributed by atoms with Crippen molar-refractivity contribution in [3.05, 3.63) is 47.9 Å². The van der Waals surface area contributed by atoms with Crippen LogP contribution in [0, 0.1) is 5.95 Å². The molecule has 2 heterocycles. The lowest BCUT2D eigenvalue weighted by molar-refractivity contribution is 0.584. The molecule has 0 radical (unpaired) electrons. The first-order valence-corrected chi connectivity index (χ1v) is 8.43. The van der Waals surface area contributed by atoms with Crippen LogP contribution in [0.25, 0.3) is 0 Å². The number of sulfonamides is 1. The maximum atomic E-state index is 13.1. The van der Waals surface area contributed by atoms with Crippen molar-refractivity contribution in [1.82, 2.24) is 4.98 Å². The topological polar surface area (TPSA) is 62.3 Å². The highest BCUT2D eigenvalue weighted by Crippen LogP contribution is 2.29. The lowest BCUT2D eigenvalue weighted by atomic mass is 10.0. The van der Waals surface area contributed by atoms with Gasteiger partial charge in [-0.25, -0.2) is 13.4 Å². The van der Waals surface area contributed by atoms with Gasteiger partial charge in [0.1, 0.15) is 5.82 Å². The van der Waals surface area contributed by atoms with Crippen LogP contribution in [0.15, 0.2) is 41.3 Å². The van der Waals surface area contributed by atoms with Crippen LogP contribution in [0.4, 0.5) is 15.9 Å². The number of fused-ring (bicyclic) bond motifs is 1. The fourth-order valence-corrected chi connectivity index (χ4v) is 3.59. The predicted octanol–water partition coefficient (Wildman–Crippen LogP) is 2.40. The molecule has 0 amide bonds. The summed E-state index contributed by atoms with van der Waals surface area (Å²) in [6.45, 7) is 0.898. The molecule has 0 unspecified atom stereocenters. The number of hydrogen-bond acceptors (Lipinski definition) is 4. The molecule has 3 rings (SSSR count). The minimum atomic E-state index is -3.79. The molecular formula is C15H16FN3O2S. The average Bonchev–Trinajstić information content (AvgIpc) is 2.47. The molecule has 2 aromatic rings. The van der Waals surface area contributed by atoms with Gasteiger partial charge in [-0.15, -0.1) is 0 Å². The van der Waals surface area contributed by atoms with Crippen molar-refractivity contribution in [2.24, 2.45) is 0 Å². The van der Waals surface area contributed by atoms with Gasteiger partial charge in [0.05, 0.1) is 4.90 Å². The molecule has 1 aliphatic heterocycles. The number of aromatic nitrogens is 1. The number of nitrogens with one attached hydrogen (secondary N) is 1. The van der Waals surface area contributed by atoms with Gasteiger partial charge in [-0.2, -0.15) is 4.39 Å². The molecule has 1 aromatic heterocycles. The summed E-state index contributed by atoms with van der Waals surface area (Å²) in [6, 6.07) is 9.02. The van der Waals surface area contributed by atoms with Crippen molar-refractivity contribution in [2.75, 3.05) is 23.2 Å². The van der Waals surface area contributed by atoms with E-state index in [4.69, 9.17) is 0 Å². The third kappa shape index (κ3) is 2.89. The Kier molecular flexibility index (Phi) is 3.74. The Labute approximate surface area is 128 Å². The molecule has 0 fully saturated rings. The molecule has 0 spiro atoms. The molecule has 0 bridgehead atoms. The van der Waals surface area contributed by atoms with Crippen LogP contribution in [0.5, 0.6) is 0 Å². The van der Waals surface area contributed by atoms with Crippen LogP contribution in [-0.2, 0) is 16.4 Å². The number of nitrogens with zero attached hydrogens (tertiary/aromatic N) is 2. The average molecular weight is 321 g/mol. The number of rotatable bonds is 3. The van der Waals surface area contributed by atoms with E-state index in [1.165, 1.54) is 12.1 Å². The van der Waals surface area contributed by atoms with Crippen LogP contribution < -0.4 is 9.62 Å². The highest BCUT2D eigenvalue weighted by Gasteiger charge is 2.20. The minimum Gasteiger partial charge on any atom is -0.374 e. The van der Waals surface area contributed by atoms with Gasteiger partial charge >= 0.3 is 0 Å². The summed E-state index contributed by atoms with van der Waals surface area (Å²) in [5, 5.41) is 0. The van der Waals surface area contributed by atoms with Gasteiger partial charge in [-0.1, -0.05) is 12.1 Å². The Morgan fingerprint density at radius 2 is 2.09 bits per heavy atom. The fourth-order valence-electron chi connectivity index (χ4n) is 2.57. The van der Waals surface area contributed by atoms with Gasteiger partial charge in [0.15, 0.2) is 0 Å². The van der Waals surface area contributed by atoms with E-state index in [9.17, 15) is 12.8 Å². The van der Waals surface area contributed by atoms with Crippen molar-refractivity contribution in [2.45, 2.75) is 17.7 Å². The van der Waals surface area contributed by atoms with E-state index in [1.54, 1.807) is 12.1 Å². The highest BCUT2D eigenvalue weighted by atomic mass is 32.2. The van der Waals surface area contributed by atoms with E-state index in [1.807, 2.05) is 18.0 Å². The molecule has 1 aromatic carbocycles. The molecule has 1 N–H and O–H groups in total. The van der Waals surface area contributed by atoms with Gasteiger partial charge < -0.3 is 4.90 Å². The van der Waals surface area contributed by atoms with Crippen LogP contribution in [0.2, 0.25) is 0 Å². The Hall–Kier alpha value is -2.15. The molecule has 1 aliphatic rings. The first-order chi connectivity index (χ1) is 10.5. The zero-order chi connectivity index (χ0) is 15.7. The van der Waals surface area contributed by atoms with Crippen LogP contribution in [0.3, 0.4) is 0 Å². The lowest BCUT2D eigenvalue weighted by Gasteiger charge is -2.27. The van der Waals surface area contributed by atoms with Gasteiger partial charge in [0.2, 0.25) is 5.95 Å². The maximum absolute atomic E-state index is 13.1. The Bertz CT molecular complexity index is 808. The summed E-state index contributed by atoms with van der Waals surface area (Å²) >= 11 is 0. The number of aryl methyl sites for hydroxylation is 1. The quantitative estimate of drug-likeness (QED) is 0.882. The van der Waals surface area contributed by atoms with Crippen molar-refractivity contribution in [3.8, 4) is 0 Å². The van der Waals surface area contributed by atoms with E-state index in [-0.39, 0.29) is 10.7 Å². The third-order valence-corrected chi connectivity index (χ3v) is 5.02. The van der Waals surface area contributed by atoms with Crippen molar-refractivity contribution >= 4 is 21.5 Å². The zero-order valence-electron chi connectivity index (χ0n) is 12.1. The molecule has 0 aliphatic carbocycles. The van der Waals surface area contributed by atoms with Crippen molar-refractivity contribution in [3.63, 3.8) is 0 Å². The van der Waals surface area contributed by atoms with Crippen LogP contribution >= 0.6 is 0 Å². The van der Waals surface area contributed by atoms with Gasteiger partial charge in [0, 0.05) is 19.3 Å². The second-order valence-electron chi connectivity index (χ2n) is 5.27. The minimum absolute atomic E-state index is 0.0360. The van der Waals surface area contributed by atoms with Crippen molar-refractivity contribution in [1.29, 1.82) is 0 Å². The molecule has 7 heteroatoms. The largest absolute Gasteiger partial charge is 0.374 e. The Morgan fingerprint density at radius 1 is 1.27 bits per heavy atom. The molecule has 0 atom stereocenters. The third-order valence-electron chi connectivity index (χ3n) is 3.67. The number of benzene rings is 1. The lowest BCUT2D eigenvalue weighted by Crippen LogP contribution is -2.25. The maximum Gasteiger partial charge on any atom is 0.263 e. The fraction of sp³-hybridized carbons (Fsp3) is 0.267.